The second kappa shape index (κ2) is 6.02. The summed E-state index contributed by atoms with van der Waals surface area (Å²) in [6, 6.07) is 5.25. The van der Waals surface area contributed by atoms with Gasteiger partial charge in [-0.1, -0.05) is 21.1 Å². The molecule has 0 aliphatic rings. The molecular weight excluding hydrogens is 354 g/mol. The second-order valence-corrected chi connectivity index (χ2v) is 5.15. The number of halogens is 2. The Hall–Kier alpha value is -1.08. The van der Waals surface area contributed by atoms with Crippen LogP contribution in [0.25, 0.3) is 0 Å². The number of carbonyl (C=O) groups excluding carboxylic acids is 1. The molecule has 0 saturated carbocycles. The van der Waals surface area contributed by atoms with Crippen LogP contribution >= 0.6 is 31.9 Å². The van der Waals surface area contributed by atoms with Gasteiger partial charge in [0.15, 0.2) is 5.84 Å². The summed E-state index contributed by atoms with van der Waals surface area (Å²) >= 11 is 6.62. The van der Waals surface area contributed by atoms with Crippen LogP contribution in [0.3, 0.4) is 0 Å². The topological polar surface area (TPSA) is 78.9 Å². The maximum absolute atomic E-state index is 12.0. The quantitative estimate of drug-likeness (QED) is 0.373. The smallest absolute Gasteiger partial charge is 0.255 e. The highest BCUT2D eigenvalue weighted by Crippen LogP contribution is 2.22. The lowest BCUT2D eigenvalue weighted by molar-refractivity contribution is 0.0813. The molecule has 0 saturated heterocycles. The molecule has 0 aliphatic carbocycles. The third kappa shape index (κ3) is 3.71. The van der Waals surface area contributed by atoms with Crippen molar-refractivity contribution in [1.82, 2.24) is 4.90 Å². The molecule has 0 heterocycles. The highest BCUT2D eigenvalue weighted by Gasteiger charge is 2.15. The van der Waals surface area contributed by atoms with Gasteiger partial charge in [0.25, 0.3) is 5.91 Å². The number of nitrogens with two attached hydrogens (primary N) is 1. The largest absolute Gasteiger partial charge is 0.409 e. The summed E-state index contributed by atoms with van der Waals surface area (Å²) in [6.45, 7) is 0.0673. The molecule has 92 valence electrons. The van der Waals surface area contributed by atoms with Crippen LogP contribution in [-0.4, -0.2) is 35.4 Å². The summed E-state index contributed by atoms with van der Waals surface area (Å²) in [6.07, 6.45) is 0. The minimum absolute atomic E-state index is 0.0194. The van der Waals surface area contributed by atoms with Crippen molar-refractivity contribution in [3.05, 3.63) is 32.7 Å². The molecule has 1 aromatic rings. The van der Waals surface area contributed by atoms with E-state index in [1.807, 2.05) is 0 Å². The predicted molar refractivity (Wildman–Crippen MR) is 72.2 cm³/mol. The maximum Gasteiger partial charge on any atom is 0.255 e. The van der Waals surface area contributed by atoms with Crippen LogP contribution in [-0.2, 0) is 0 Å². The number of hydrogen-bond acceptors (Lipinski definition) is 3. The summed E-state index contributed by atoms with van der Waals surface area (Å²) in [5.74, 6) is -0.231. The minimum Gasteiger partial charge on any atom is -0.409 e. The molecule has 1 rings (SSSR count). The van der Waals surface area contributed by atoms with Crippen molar-refractivity contribution in [3.8, 4) is 0 Å². The van der Waals surface area contributed by atoms with Gasteiger partial charge in [0.05, 0.1) is 12.1 Å². The van der Waals surface area contributed by atoms with Crippen molar-refractivity contribution < 1.29 is 10.0 Å². The Balaban J connectivity index is 2.89. The monoisotopic (exact) mass is 363 g/mol. The average molecular weight is 365 g/mol. The van der Waals surface area contributed by atoms with E-state index in [4.69, 9.17) is 10.9 Å². The fourth-order valence-corrected chi connectivity index (χ4v) is 2.43. The zero-order valence-corrected chi connectivity index (χ0v) is 12.2. The zero-order chi connectivity index (χ0) is 13.0. The van der Waals surface area contributed by atoms with Crippen molar-refractivity contribution in [1.29, 1.82) is 0 Å². The lowest BCUT2D eigenvalue weighted by Crippen LogP contribution is -2.35. The summed E-state index contributed by atoms with van der Waals surface area (Å²) in [5.41, 5.74) is 5.85. The zero-order valence-electron chi connectivity index (χ0n) is 9.02. The number of rotatable bonds is 3. The van der Waals surface area contributed by atoms with E-state index in [1.165, 1.54) is 4.90 Å². The standard InChI is InChI=1S/C10H11Br2N3O2/c1-15(5-9(13)14-17)10(16)7-3-2-6(11)4-8(7)12/h2-4,17H,5H2,1H3,(H2,13,14). The number of oxime groups is 1. The fraction of sp³-hybridized carbons (Fsp3) is 0.200. The van der Waals surface area contributed by atoms with E-state index in [0.29, 0.717) is 10.0 Å². The number of amidine groups is 1. The van der Waals surface area contributed by atoms with Gasteiger partial charge in [0, 0.05) is 16.0 Å². The molecule has 1 amide bonds. The average Bonchev–Trinajstić information content (AvgIpc) is 2.28. The lowest BCUT2D eigenvalue weighted by atomic mass is 10.2. The first-order valence-corrected chi connectivity index (χ1v) is 6.21. The molecule has 0 radical (unpaired) electrons. The van der Waals surface area contributed by atoms with Crippen LogP contribution in [0.2, 0.25) is 0 Å². The SMILES string of the molecule is CN(C/C(N)=N/O)C(=O)c1ccc(Br)cc1Br. The van der Waals surface area contributed by atoms with E-state index in [2.05, 4.69) is 37.0 Å². The second-order valence-electron chi connectivity index (χ2n) is 3.38. The molecule has 3 N–H and O–H groups in total. The van der Waals surface area contributed by atoms with Gasteiger partial charge in [0.1, 0.15) is 0 Å². The van der Waals surface area contributed by atoms with Gasteiger partial charge < -0.3 is 15.8 Å². The van der Waals surface area contributed by atoms with Crippen LogP contribution in [0.1, 0.15) is 10.4 Å². The highest BCUT2D eigenvalue weighted by molar-refractivity contribution is 9.11. The van der Waals surface area contributed by atoms with Crippen LogP contribution < -0.4 is 5.73 Å². The Morgan fingerprint density at radius 3 is 2.71 bits per heavy atom. The summed E-state index contributed by atoms with van der Waals surface area (Å²) in [4.78, 5) is 13.4. The molecule has 0 fully saturated rings. The van der Waals surface area contributed by atoms with E-state index in [1.54, 1.807) is 25.2 Å². The molecule has 1 aromatic carbocycles. The summed E-state index contributed by atoms with van der Waals surface area (Å²) in [5, 5.41) is 11.3. The summed E-state index contributed by atoms with van der Waals surface area (Å²) in [7, 11) is 1.58. The molecule has 7 heteroatoms. The minimum atomic E-state index is -0.212. The lowest BCUT2D eigenvalue weighted by Gasteiger charge is -2.17. The molecule has 0 spiro atoms. The van der Waals surface area contributed by atoms with Crippen molar-refractivity contribution in [2.45, 2.75) is 0 Å². The van der Waals surface area contributed by atoms with Gasteiger partial charge in [-0.25, -0.2) is 0 Å². The Morgan fingerprint density at radius 2 is 2.18 bits per heavy atom. The third-order valence-electron chi connectivity index (χ3n) is 2.04. The molecule has 0 bridgehead atoms. The highest BCUT2D eigenvalue weighted by atomic mass is 79.9. The summed E-state index contributed by atoms with van der Waals surface area (Å²) < 4.78 is 1.56. The van der Waals surface area contributed by atoms with Crippen molar-refractivity contribution >= 4 is 43.6 Å². The number of nitrogens with zero attached hydrogens (tertiary/aromatic N) is 2. The van der Waals surface area contributed by atoms with E-state index in [9.17, 15) is 4.79 Å². The van der Waals surface area contributed by atoms with E-state index in [-0.39, 0.29) is 18.3 Å². The van der Waals surface area contributed by atoms with Gasteiger partial charge in [-0.3, -0.25) is 4.79 Å². The van der Waals surface area contributed by atoms with Gasteiger partial charge in [-0.05, 0) is 34.1 Å². The number of carbonyl (C=O) groups is 1. The third-order valence-corrected chi connectivity index (χ3v) is 3.19. The van der Waals surface area contributed by atoms with Crippen molar-refractivity contribution in [2.24, 2.45) is 10.9 Å². The number of hydrogen-bond donors (Lipinski definition) is 2. The van der Waals surface area contributed by atoms with Crippen LogP contribution in [0.15, 0.2) is 32.3 Å². The van der Waals surface area contributed by atoms with Gasteiger partial charge >= 0.3 is 0 Å². The Bertz CT molecular complexity index is 463. The van der Waals surface area contributed by atoms with Crippen LogP contribution in [0, 0.1) is 0 Å². The Labute approximate surface area is 116 Å². The molecule has 17 heavy (non-hydrogen) atoms. The van der Waals surface area contributed by atoms with E-state index in [0.717, 1.165) is 4.47 Å². The molecule has 0 atom stereocenters. The molecular formula is C10H11Br2N3O2. The van der Waals surface area contributed by atoms with Gasteiger partial charge in [0.2, 0.25) is 0 Å². The molecule has 5 nitrogen and oxygen atoms in total. The first-order chi connectivity index (χ1) is 7.95. The molecule has 0 aliphatic heterocycles. The Kier molecular flexibility index (Phi) is 4.95. The number of likely N-dealkylation sites (N-methyl/N-ethyl adjacent to an activating group) is 1. The van der Waals surface area contributed by atoms with Gasteiger partial charge in [-0.2, -0.15) is 0 Å². The molecule has 0 unspecified atom stereocenters. The van der Waals surface area contributed by atoms with Crippen molar-refractivity contribution in [2.75, 3.05) is 13.6 Å². The number of amides is 1. The van der Waals surface area contributed by atoms with E-state index >= 15 is 0 Å². The van der Waals surface area contributed by atoms with Crippen LogP contribution in [0.5, 0.6) is 0 Å². The predicted octanol–water partition coefficient (Wildman–Crippen LogP) is 2.03. The Morgan fingerprint density at radius 1 is 1.53 bits per heavy atom. The van der Waals surface area contributed by atoms with Gasteiger partial charge in [-0.15, -0.1) is 0 Å². The molecule has 0 aromatic heterocycles. The van der Waals surface area contributed by atoms with Crippen molar-refractivity contribution in [3.63, 3.8) is 0 Å². The first kappa shape index (κ1) is 14.0. The fourth-order valence-electron chi connectivity index (χ4n) is 1.21. The first-order valence-electron chi connectivity index (χ1n) is 4.62. The van der Waals surface area contributed by atoms with E-state index < -0.39 is 0 Å². The normalized spacial score (nSPS) is 11.4. The van der Waals surface area contributed by atoms with Crippen LogP contribution in [0.4, 0.5) is 0 Å². The maximum atomic E-state index is 12.0. The number of benzene rings is 1.